The highest BCUT2D eigenvalue weighted by Crippen LogP contribution is 2.14. The Balaban J connectivity index is 2.39. The Labute approximate surface area is 85.1 Å². The average molecular weight is 195 g/mol. The van der Waals surface area contributed by atoms with Crippen LogP contribution in [0, 0.1) is 11.8 Å². The molecule has 1 aliphatic heterocycles. The highest BCUT2D eigenvalue weighted by atomic mass is 16.1. The highest BCUT2D eigenvalue weighted by Gasteiger charge is 2.18. The Hall–Kier alpha value is -1.09. The van der Waals surface area contributed by atoms with Crippen molar-refractivity contribution >= 4 is 5.91 Å². The number of nitrogens with one attached hydrogen (secondary N) is 1. The number of carbonyl (C=O) groups is 1. The third-order valence-electron chi connectivity index (χ3n) is 2.22. The lowest BCUT2D eigenvalue weighted by atomic mass is 10.1. The van der Waals surface area contributed by atoms with E-state index < -0.39 is 0 Å². The van der Waals surface area contributed by atoms with Gasteiger partial charge in [0.2, 0.25) is 0 Å². The van der Waals surface area contributed by atoms with E-state index >= 15 is 0 Å². The lowest BCUT2D eigenvalue weighted by Crippen LogP contribution is -2.59. The average Bonchev–Trinajstić information content (AvgIpc) is 2.52. The second-order valence-corrected chi connectivity index (χ2v) is 4.05. The van der Waals surface area contributed by atoms with Crippen LogP contribution in [0.25, 0.3) is 0 Å². The van der Waals surface area contributed by atoms with Gasteiger partial charge in [-0.15, -0.1) is 0 Å². The number of quaternary nitrogens is 1. The second-order valence-electron chi connectivity index (χ2n) is 4.05. The van der Waals surface area contributed by atoms with E-state index in [9.17, 15) is 4.79 Å². The van der Waals surface area contributed by atoms with Gasteiger partial charge in [0.1, 0.15) is 5.70 Å². The first-order valence-electron chi connectivity index (χ1n) is 5.08. The van der Waals surface area contributed by atoms with E-state index in [1.54, 1.807) is 0 Å². The summed E-state index contributed by atoms with van der Waals surface area (Å²) in [6.45, 7) is 5.17. The third kappa shape index (κ3) is 3.34. The summed E-state index contributed by atoms with van der Waals surface area (Å²) >= 11 is 0. The molecule has 1 rings (SSSR count). The molecule has 14 heavy (non-hydrogen) atoms. The maximum absolute atomic E-state index is 10.9. The smallest absolute Gasteiger partial charge is 0.356 e. The summed E-state index contributed by atoms with van der Waals surface area (Å²) < 4.78 is 0. The Bertz CT molecular complexity index is 266. The lowest BCUT2D eigenvalue weighted by molar-refractivity contribution is -0.299. The Morgan fingerprint density at radius 3 is 3.00 bits per heavy atom. The van der Waals surface area contributed by atoms with Crippen molar-refractivity contribution in [2.45, 2.75) is 20.3 Å². The minimum atomic E-state index is -0.111. The molecule has 0 saturated heterocycles. The van der Waals surface area contributed by atoms with Crippen molar-refractivity contribution in [2.24, 2.45) is 11.8 Å². The molecule has 0 bridgehead atoms. The van der Waals surface area contributed by atoms with Gasteiger partial charge in [-0.1, -0.05) is 26.0 Å². The molecular weight excluding hydrogens is 176 g/mol. The van der Waals surface area contributed by atoms with Crippen LogP contribution < -0.4 is 11.1 Å². The molecule has 0 spiro atoms. The van der Waals surface area contributed by atoms with Crippen LogP contribution >= 0.6 is 0 Å². The zero-order valence-electron chi connectivity index (χ0n) is 8.92. The fourth-order valence-corrected chi connectivity index (χ4v) is 1.46. The normalized spacial score (nSPS) is 21.4. The maximum Gasteiger partial charge on any atom is 0.356 e. The quantitative estimate of drug-likeness (QED) is 0.640. The van der Waals surface area contributed by atoms with Crippen LogP contribution in [0.15, 0.2) is 23.9 Å². The zero-order valence-corrected chi connectivity index (χ0v) is 8.92. The first-order chi connectivity index (χ1) is 6.59. The van der Waals surface area contributed by atoms with Crippen LogP contribution in [0.5, 0.6) is 0 Å². The summed E-state index contributed by atoms with van der Waals surface area (Å²) in [5, 5.41) is 3.06. The Morgan fingerprint density at radius 2 is 2.50 bits per heavy atom. The summed E-state index contributed by atoms with van der Waals surface area (Å²) in [5.74, 6) is 0.938. The van der Waals surface area contributed by atoms with Gasteiger partial charge in [0.05, 0.1) is 0 Å². The maximum atomic E-state index is 10.9. The molecule has 0 aromatic carbocycles. The van der Waals surface area contributed by atoms with E-state index in [4.69, 9.17) is 0 Å². The number of carbonyl (C=O) groups excluding carboxylic acids is 1. The first-order valence-corrected chi connectivity index (χ1v) is 5.08. The molecule has 3 nitrogen and oxygen atoms in total. The van der Waals surface area contributed by atoms with Gasteiger partial charge in [0, 0.05) is 12.5 Å². The summed E-state index contributed by atoms with van der Waals surface area (Å²) in [4.78, 5) is 10.9. The Kier molecular flexibility index (Phi) is 3.89. The molecule has 0 aliphatic carbocycles. The monoisotopic (exact) mass is 195 g/mol. The molecule has 0 saturated carbocycles. The van der Waals surface area contributed by atoms with Gasteiger partial charge < -0.3 is 5.32 Å². The molecule has 78 valence electrons. The zero-order chi connectivity index (χ0) is 10.6. The van der Waals surface area contributed by atoms with E-state index in [2.05, 4.69) is 37.0 Å². The molecule has 0 radical (unpaired) electrons. The molecule has 0 aromatic rings. The van der Waals surface area contributed by atoms with Crippen LogP contribution in [0.2, 0.25) is 0 Å². The van der Waals surface area contributed by atoms with Crippen LogP contribution in [0.4, 0.5) is 0 Å². The molecule has 1 amide bonds. The minimum Gasteiger partial charge on any atom is -0.377 e. The number of hydrogen-bond donors (Lipinski definition) is 2. The van der Waals surface area contributed by atoms with Crippen molar-refractivity contribution < 1.29 is 10.5 Å². The van der Waals surface area contributed by atoms with E-state index in [0.29, 0.717) is 17.5 Å². The summed E-state index contributed by atoms with van der Waals surface area (Å²) in [7, 11) is 0. The Morgan fingerprint density at radius 1 is 1.79 bits per heavy atom. The molecule has 1 unspecified atom stereocenters. The van der Waals surface area contributed by atoms with Gasteiger partial charge in [-0.05, 0) is 18.4 Å². The molecule has 1 atom stereocenters. The van der Waals surface area contributed by atoms with Gasteiger partial charge >= 0.3 is 5.91 Å². The molecule has 0 fully saturated rings. The largest absolute Gasteiger partial charge is 0.377 e. The molecule has 0 aromatic heterocycles. The van der Waals surface area contributed by atoms with E-state index in [1.807, 2.05) is 6.08 Å². The van der Waals surface area contributed by atoms with Crippen LogP contribution in [-0.2, 0) is 4.79 Å². The standard InChI is InChI=1S/C11H18N2O/c1-8(2)4-3-5-9-6-10(11(12)14)13-7-9/h3-4,6,8-9,13H,5,7H2,1-2H3,(H2,12,14)/p+1. The second kappa shape index (κ2) is 4.96. The van der Waals surface area contributed by atoms with Crippen molar-refractivity contribution in [3.05, 3.63) is 23.9 Å². The highest BCUT2D eigenvalue weighted by molar-refractivity contribution is 5.84. The fraction of sp³-hybridized carbons (Fsp3) is 0.545. The lowest BCUT2D eigenvalue weighted by Gasteiger charge is -2.01. The van der Waals surface area contributed by atoms with Gasteiger partial charge in [0.15, 0.2) is 0 Å². The van der Waals surface area contributed by atoms with Gasteiger partial charge in [0.25, 0.3) is 0 Å². The summed E-state index contributed by atoms with van der Waals surface area (Å²) in [5.41, 5.74) is 4.05. The van der Waals surface area contributed by atoms with Crippen LogP contribution in [-0.4, -0.2) is 12.5 Å². The van der Waals surface area contributed by atoms with E-state index in [0.717, 1.165) is 13.0 Å². The molecular formula is C11H19N2O+. The van der Waals surface area contributed by atoms with Gasteiger partial charge in [-0.2, -0.15) is 0 Å². The molecule has 1 heterocycles. The van der Waals surface area contributed by atoms with Crippen LogP contribution in [0.1, 0.15) is 20.3 Å². The van der Waals surface area contributed by atoms with Gasteiger partial charge in [-0.3, -0.25) is 5.73 Å². The van der Waals surface area contributed by atoms with Crippen molar-refractivity contribution in [1.29, 1.82) is 0 Å². The number of hydrogen-bond acceptors (Lipinski definition) is 2. The molecule has 1 aliphatic rings. The van der Waals surface area contributed by atoms with Crippen molar-refractivity contribution in [1.82, 2.24) is 5.32 Å². The fourth-order valence-electron chi connectivity index (χ4n) is 1.46. The van der Waals surface area contributed by atoms with Crippen molar-refractivity contribution in [2.75, 3.05) is 6.54 Å². The third-order valence-corrected chi connectivity index (χ3v) is 2.22. The SMILES string of the molecule is CC(C)C=CCC1C=C(C([NH3+])=O)NC1. The number of rotatable bonds is 4. The molecule has 3 heteroatoms. The van der Waals surface area contributed by atoms with E-state index in [1.165, 1.54) is 0 Å². The van der Waals surface area contributed by atoms with Crippen molar-refractivity contribution in [3.8, 4) is 0 Å². The predicted molar refractivity (Wildman–Crippen MR) is 56.1 cm³/mol. The minimum absolute atomic E-state index is 0.111. The topological polar surface area (TPSA) is 56.7 Å². The predicted octanol–water partition coefficient (Wildman–Crippen LogP) is 0.461. The number of allylic oxidation sites excluding steroid dienone is 2. The molecule has 4 N–H and O–H groups in total. The summed E-state index contributed by atoms with van der Waals surface area (Å²) in [6.07, 6.45) is 7.36. The van der Waals surface area contributed by atoms with E-state index in [-0.39, 0.29) is 5.91 Å². The van der Waals surface area contributed by atoms with Crippen LogP contribution in [0.3, 0.4) is 0 Å². The van der Waals surface area contributed by atoms with Crippen molar-refractivity contribution in [3.63, 3.8) is 0 Å². The summed E-state index contributed by atoms with van der Waals surface area (Å²) in [6, 6.07) is 0. The van der Waals surface area contributed by atoms with Gasteiger partial charge in [-0.25, -0.2) is 4.79 Å². The first kappa shape index (κ1) is 11.0. The number of amides is 1.